The maximum absolute atomic E-state index is 2.37. The van der Waals surface area contributed by atoms with Crippen LogP contribution >= 0.6 is 19.8 Å². The van der Waals surface area contributed by atoms with Gasteiger partial charge in [0.05, 0.1) is 0 Å². The molecule has 1 rings (SSSR count). The summed E-state index contributed by atoms with van der Waals surface area (Å²) in [7, 11) is 0. The van der Waals surface area contributed by atoms with Gasteiger partial charge >= 0.3 is 34.5 Å². The Morgan fingerprint density at radius 3 is 1.70 bits per heavy atom. The molecular weight excluding hydrogens is 288 g/mol. The summed E-state index contributed by atoms with van der Waals surface area (Å²) in [4.78, 5) is 0. The van der Waals surface area contributed by atoms with E-state index in [9.17, 15) is 0 Å². The third-order valence-corrected chi connectivity index (χ3v) is 2.13. The molecule has 0 heterocycles. The van der Waals surface area contributed by atoms with E-state index >= 15 is 0 Å². The number of hydrogen-bond donors (Lipinski definition) is 0. The topological polar surface area (TPSA) is 0 Å². The van der Waals surface area contributed by atoms with Gasteiger partial charge in [-0.05, 0) is 5.41 Å². The average molecular weight is 304 g/mol. The Kier molecular flexibility index (Phi) is 5.77. The van der Waals surface area contributed by atoms with E-state index in [2.05, 4.69) is 46.9 Å². The Balaban J connectivity index is 0.000000371. The van der Waals surface area contributed by atoms with Gasteiger partial charge in [-0.15, -0.1) is 0 Å². The van der Waals surface area contributed by atoms with Gasteiger partial charge in [0.1, 0.15) is 0 Å². The molecule has 10 heavy (non-hydrogen) atoms. The van der Waals surface area contributed by atoms with Crippen LogP contribution in [-0.4, -0.2) is 0 Å². The minimum absolute atomic E-state index is 0.564. The Bertz CT molecular complexity index is 81.7. The first-order valence-electron chi connectivity index (χ1n) is 3.69. The summed E-state index contributed by atoms with van der Waals surface area (Å²) in [5.74, 6) is 0.975. The van der Waals surface area contributed by atoms with E-state index in [1.807, 2.05) is 0 Å². The zero-order valence-electron chi connectivity index (χ0n) is 7.15. The fourth-order valence-corrected chi connectivity index (χ4v) is 1.04. The van der Waals surface area contributed by atoms with Crippen molar-refractivity contribution in [3.8, 4) is 0 Å². The summed E-state index contributed by atoms with van der Waals surface area (Å²) >= 11 is 3.62. The van der Waals surface area contributed by atoms with Gasteiger partial charge in [0, 0.05) is 0 Å². The van der Waals surface area contributed by atoms with Crippen molar-refractivity contribution in [2.24, 2.45) is 11.3 Å². The van der Waals surface area contributed by atoms with Gasteiger partial charge in [0.2, 0.25) is 0 Å². The average Bonchev–Trinajstić information content (AvgIpc) is 1.61. The van der Waals surface area contributed by atoms with E-state index in [1.165, 1.54) is 27.6 Å². The molecule has 2 heteroatoms. The van der Waals surface area contributed by atoms with Crippen LogP contribution in [0.4, 0.5) is 0 Å². The molecule has 0 atom stereocenters. The predicted octanol–water partition coefficient (Wildman–Crippen LogP) is 3.53. The minimum atomic E-state index is 0.564. The summed E-state index contributed by atoms with van der Waals surface area (Å²) in [5, 5.41) is 0. The van der Waals surface area contributed by atoms with Crippen LogP contribution < -0.4 is 0 Å². The number of hydrogen-bond acceptors (Lipinski definition) is 0. The second kappa shape index (κ2) is 5.08. The standard InChI is InChI=1S/C8H15.HI.Zn/c1-8(2,3)7-5-4-6-7;;/h4,7H,5-6H2,1-3H3;1H;/q-1;;+2/p-1. The van der Waals surface area contributed by atoms with Crippen molar-refractivity contribution in [3.63, 3.8) is 0 Å². The summed E-state index contributed by atoms with van der Waals surface area (Å²) in [6.45, 7) is 6.97. The van der Waals surface area contributed by atoms with Crippen LogP contribution in [0.25, 0.3) is 0 Å². The van der Waals surface area contributed by atoms with Crippen LogP contribution in [-0.2, 0) is 14.8 Å². The van der Waals surface area contributed by atoms with Crippen molar-refractivity contribution in [3.05, 3.63) is 6.42 Å². The molecule has 1 fully saturated rings. The zero-order chi connectivity index (χ0) is 8.20. The van der Waals surface area contributed by atoms with Gasteiger partial charge in [-0.1, -0.05) is 26.7 Å². The van der Waals surface area contributed by atoms with Gasteiger partial charge in [-0.2, -0.15) is 12.8 Å². The fourth-order valence-electron chi connectivity index (χ4n) is 1.04. The molecule has 0 radical (unpaired) electrons. The van der Waals surface area contributed by atoms with Gasteiger partial charge in [-0.3, -0.25) is 0 Å². The Labute approximate surface area is 85.4 Å². The van der Waals surface area contributed by atoms with Crippen molar-refractivity contribution in [1.82, 2.24) is 0 Å². The monoisotopic (exact) mass is 302 g/mol. The third-order valence-electron chi connectivity index (χ3n) is 2.13. The van der Waals surface area contributed by atoms with Crippen LogP contribution in [0.5, 0.6) is 0 Å². The number of rotatable bonds is 0. The summed E-state index contributed by atoms with van der Waals surface area (Å²) < 4.78 is 0. The second-order valence-corrected chi connectivity index (χ2v) is 3.82. The van der Waals surface area contributed by atoms with E-state index in [0.29, 0.717) is 5.41 Å². The van der Waals surface area contributed by atoms with Crippen LogP contribution in [0.3, 0.4) is 0 Å². The Hall–Kier alpha value is 1.35. The van der Waals surface area contributed by atoms with Crippen molar-refractivity contribution in [2.45, 2.75) is 33.6 Å². The van der Waals surface area contributed by atoms with Crippen LogP contribution in [0.2, 0.25) is 0 Å². The SMILES string of the molecule is CC(C)(C)C1C[CH-]C1.[Zn+][I]. The van der Waals surface area contributed by atoms with Crippen molar-refractivity contribution < 1.29 is 14.8 Å². The van der Waals surface area contributed by atoms with Crippen molar-refractivity contribution in [1.29, 1.82) is 0 Å². The molecule has 0 unspecified atom stereocenters. The van der Waals surface area contributed by atoms with Crippen LogP contribution in [0.1, 0.15) is 33.6 Å². The summed E-state index contributed by atoms with van der Waals surface area (Å²) in [6.07, 6.45) is 5.07. The molecule has 1 aliphatic rings. The third kappa shape index (κ3) is 3.66. The van der Waals surface area contributed by atoms with E-state index in [-0.39, 0.29) is 0 Å². The fraction of sp³-hybridized carbons (Fsp3) is 0.875. The maximum atomic E-state index is 2.37. The molecule has 1 saturated carbocycles. The number of halogens is 1. The molecule has 0 bridgehead atoms. The van der Waals surface area contributed by atoms with Gasteiger partial charge in [-0.25, -0.2) is 0 Å². The van der Waals surface area contributed by atoms with Crippen LogP contribution in [0.15, 0.2) is 0 Å². The molecule has 0 aliphatic heterocycles. The summed E-state index contributed by atoms with van der Waals surface area (Å²) in [5.41, 5.74) is 0.564. The molecule has 0 amide bonds. The quantitative estimate of drug-likeness (QED) is 0.365. The zero-order valence-corrected chi connectivity index (χ0v) is 12.3. The first-order chi connectivity index (χ1) is 4.61. The van der Waals surface area contributed by atoms with Crippen LogP contribution in [0, 0.1) is 17.8 Å². The van der Waals surface area contributed by atoms with E-state index in [4.69, 9.17) is 0 Å². The predicted molar refractivity (Wildman–Crippen MR) is 50.5 cm³/mol. The molecule has 0 N–H and O–H groups in total. The second-order valence-electron chi connectivity index (χ2n) is 3.82. The molecule has 0 aromatic heterocycles. The molecule has 0 spiro atoms. The molecule has 56 valence electrons. The normalized spacial score (nSPS) is 19.0. The first-order valence-corrected chi connectivity index (χ1v) is 12.7. The summed E-state index contributed by atoms with van der Waals surface area (Å²) in [6, 6.07) is 0. The molecule has 1 aliphatic carbocycles. The van der Waals surface area contributed by atoms with Crippen molar-refractivity contribution in [2.75, 3.05) is 0 Å². The Morgan fingerprint density at radius 2 is 1.70 bits per heavy atom. The Morgan fingerprint density at radius 1 is 1.30 bits per heavy atom. The molecule has 0 saturated heterocycles. The molecule has 0 aromatic rings. The molecular formula is C8H15IZn. The van der Waals surface area contributed by atoms with E-state index in [1.54, 1.807) is 0 Å². The van der Waals surface area contributed by atoms with Crippen molar-refractivity contribution >= 4 is 19.8 Å². The van der Waals surface area contributed by atoms with E-state index < -0.39 is 0 Å². The molecule has 0 aromatic carbocycles. The first kappa shape index (κ1) is 11.4. The van der Waals surface area contributed by atoms with E-state index in [0.717, 1.165) is 5.92 Å². The van der Waals surface area contributed by atoms with Gasteiger partial charge < -0.3 is 6.42 Å². The molecule has 0 nitrogen and oxygen atoms in total. The van der Waals surface area contributed by atoms with Gasteiger partial charge in [0.25, 0.3) is 0 Å². The van der Waals surface area contributed by atoms with Gasteiger partial charge in [0.15, 0.2) is 0 Å².